The monoisotopic (exact) mass is 234 g/mol. The first kappa shape index (κ1) is 14.2. The Labute approximate surface area is 106 Å². The summed E-state index contributed by atoms with van der Waals surface area (Å²) in [7, 11) is 2.20. The van der Waals surface area contributed by atoms with Crippen LogP contribution < -0.4 is 5.32 Å². The maximum Gasteiger partial charge on any atom is 0.0230 e. The minimum absolute atomic E-state index is 0.611. The van der Waals surface area contributed by atoms with Gasteiger partial charge in [0.05, 0.1) is 0 Å². The van der Waals surface area contributed by atoms with Gasteiger partial charge in [-0.25, -0.2) is 0 Å². The molecule has 1 atom stereocenters. The number of nitrogens with one attached hydrogen (secondary N) is 1. The van der Waals surface area contributed by atoms with E-state index in [-0.39, 0.29) is 0 Å². The lowest BCUT2D eigenvalue weighted by molar-refractivity contribution is 0.304. The number of hydrogen-bond acceptors (Lipinski definition) is 2. The maximum atomic E-state index is 3.45. The number of aryl methyl sites for hydroxylation is 1. The lowest BCUT2D eigenvalue weighted by atomic mass is 10.1. The van der Waals surface area contributed by atoms with Crippen molar-refractivity contribution in [2.45, 2.75) is 39.8 Å². The molecule has 17 heavy (non-hydrogen) atoms. The van der Waals surface area contributed by atoms with Crippen molar-refractivity contribution in [1.82, 2.24) is 10.2 Å². The van der Waals surface area contributed by atoms with E-state index in [9.17, 15) is 0 Å². The van der Waals surface area contributed by atoms with Crippen LogP contribution in [0, 0.1) is 6.92 Å². The molecule has 0 saturated carbocycles. The molecule has 0 radical (unpaired) electrons. The van der Waals surface area contributed by atoms with E-state index in [4.69, 9.17) is 0 Å². The van der Waals surface area contributed by atoms with Gasteiger partial charge in [-0.05, 0) is 46.0 Å². The van der Waals surface area contributed by atoms with E-state index in [2.05, 4.69) is 62.3 Å². The van der Waals surface area contributed by atoms with Crippen molar-refractivity contribution in [2.75, 3.05) is 20.1 Å². The van der Waals surface area contributed by atoms with Gasteiger partial charge in [0.1, 0.15) is 0 Å². The zero-order valence-corrected chi connectivity index (χ0v) is 11.7. The van der Waals surface area contributed by atoms with Gasteiger partial charge >= 0.3 is 0 Å². The first-order valence-corrected chi connectivity index (χ1v) is 6.59. The van der Waals surface area contributed by atoms with E-state index in [0.717, 1.165) is 19.6 Å². The Balaban J connectivity index is 2.32. The van der Waals surface area contributed by atoms with E-state index in [1.807, 2.05) is 0 Å². The fourth-order valence-corrected chi connectivity index (χ4v) is 2.07. The summed E-state index contributed by atoms with van der Waals surface area (Å²) in [5, 5.41) is 3.45. The highest BCUT2D eigenvalue weighted by atomic mass is 15.1. The summed E-state index contributed by atoms with van der Waals surface area (Å²) < 4.78 is 0. The van der Waals surface area contributed by atoms with Crippen LogP contribution in [-0.2, 0) is 6.54 Å². The Bertz CT molecular complexity index is 322. The molecule has 0 saturated heterocycles. The molecule has 0 bridgehead atoms. The third kappa shape index (κ3) is 5.85. The maximum absolute atomic E-state index is 3.45. The summed E-state index contributed by atoms with van der Waals surface area (Å²) in [4.78, 5) is 2.39. The van der Waals surface area contributed by atoms with Gasteiger partial charge in [-0.1, -0.05) is 36.8 Å². The van der Waals surface area contributed by atoms with Gasteiger partial charge in [0.2, 0.25) is 0 Å². The number of nitrogens with zero attached hydrogens (tertiary/aromatic N) is 1. The van der Waals surface area contributed by atoms with Crippen molar-refractivity contribution in [3.8, 4) is 0 Å². The molecule has 0 amide bonds. The molecule has 1 aromatic carbocycles. The largest absolute Gasteiger partial charge is 0.314 e. The molecule has 1 unspecified atom stereocenters. The molecule has 1 aromatic rings. The predicted molar refractivity (Wildman–Crippen MR) is 75.3 cm³/mol. The first-order chi connectivity index (χ1) is 8.11. The quantitative estimate of drug-likeness (QED) is 0.780. The second-order valence-electron chi connectivity index (χ2n) is 4.97. The van der Waals surface area contributed by atoms with Crippen LogP contribution in [0.1, 0.15) is 31.4 Å². The Morgan fingerprint density at radius 1 is 1.35 bits per heavy atom. The Hall–Kier alpha value is -0.860. The van der Waals surface area contributed by atoms with Crippen LogP contribution in [0.2, 0.25) is 0 Å². The number of hydrogen-bond donors (Lipinski definition) is 1. The predicted octanol–water partition coefficient (Wildman–Crippen LogP) is 2.81. The van der Waals surface area contributed by atoms with Gasteiger partial charge in [-0.2, -0.15) is 0 Å². The highest BCUT2D eigenvalue weighted by molar-refractivity contribution is 5.21. The molecule has 0 aliphatic rings. The smallest absolute Gasteiger partial charge is 0.0230 e. The van der Waals surface area contributed by atoms with Crippen LogP contribution in [0.3, 0.4) is 0 Å². The summed E-state index contributed by atoms with van der Waals surface area (Å²) in [5.41, 5.74) is 2.75. The molecule has 2 nitrogen and oxygen atoms in total. The zero-order chi connectivity index (χ0) is 12.7. The highest BCUT2D eigenvalue weighted by Gasteiger charge is 2.04. The summed E-state index contributed by atoms with van der Waals surface area (Å²) in [5.74, 6) is 0. The molecule has 0 heterocycles. The second kappa shape index (κ2) is 7.46. The standard InChI is InChI=1S/C15H26N2/c1-5-16-14(3)9-10-17(4)12-15-8-6-7-13(2)11-15/h6-8,11,14,16H,5,9-10,12H2,1-4H3. The molecule has 0 fully saturated rings. The fraction of sp³-hybridized carbons (Fsp3) is 0.600. The second-order valence-corrected chi connectivity index (χ2v) is 4.97. The molecular formula is C15H26N2. The normalized spacial score (nSPS) is 13.0. The summed E-state index contributed by atoms with van der Waals surface area (Å²) in [6.07, 6.45) is 1.20. The van der Waals surface area contributed by atoms with Crippen molar-refractivity contribution in [3.05, 3.63) is 35.4 Å². The third-order valence-corrected chi connectivity index (χ3v) is 3.03. The van der Waals surface area contributed by atoms with Crippen molar-refractivity contribution in [1.29, 1.82) is 0 Å². The fourth-order valence-electron chi connectivity index (χ4n) is 2.07. The average molecular weight is 234 g/mol. The molecule has 0 aliphatic heterocycles. The van der Waals surface area contributed by atoms with Crippen LogP contribution in [0.15, 0.2) is 24.3 Å². The van der Waals surface area contributed by atoms with Crippen LogP contribution >= 0.6 is 0 Å². The minimum atomic E-state index is 0.611. The van der Waals surface area contributed by atoms with Gasteiger partial charge in [0.25, 0.3) is 0 Å². The van der Waals surface area contributed by atoms with Crippen LogP contribution in [-0.4, -0.2) is 31.1 Å². The topological polar surface area (TPSA) is 15.3 Å². The Morgan fingerprint density at radius 3 is 2.76 bits per heavy atom. The molecule has 1 N–H and O–H groups in total. The molecule has 0 spiro atoms. The third-order valence-electron chi connectivity index (χ3n) is 3.03. The van der Waals surface area contributed by atoms with E-state index >= 15 is 0 Å². The molecule has 2 heteroatoms. The molecule has 1 rings (SSSR count). The van der Waals surface area contributed by atoms with E-state index < -0.39 is 0 Å². The van der Waals surface area contributed by atoms with Crippen LogP contribution in [0.5, 0.6) is 0 Å². The Kier molecular flexibility index (Phi) is 6.23. The molecule has 0 aromatic heterocycles. The molecular weight excluding hydrogens is 208 g/mol. The number of benzene rings is 1. The first-order valence-electron chi connectivity index (χ1n) is 6.59. The summed E-state index contributed by atoms with van der Waals surface area (Å²) >= 11 is 0. The van der Waals surface area contributed by atoms with Crippen molar-refractivity contribution >= 4 is 0 Å². The van der Waals surface area contributed by atoms with Gasteiger partial charge in [-0.3, -0.25) is 0 Å². The summed E-state index contributed by atoms with van der Waals surface area (Å²) in [6.45, 7) is 9.80. The SMILES string of the molecule is CCNC(C)CCN(C)Cc1cccc(C)c1. The highest BCUT2D eigenvalue weighted by Crippen LogP contribution is 2.07. The zero-order valence-electron chi connectivity index (χ0n) is 11.7. The Morgan fingerprint density at radius 2 is 2.12 bits per heavy atom. The van der Waals surface area contributed by atoms with Gasteiger partial charge in [0.15, 0.2) is 0 Å². The van der Waals surface area contributed by atoms with Crippen LogP contribution in [0.4, 0.5) is 0 Å². The van der Waals surface area contributed by atoms with Crippen molar-refractivity contribution in [2.24, 2.45) is 0 Å². The van der Waals surface area contributed by atoms with Gasteiger partial charge in [-0.15, -0.1) is 0 Å². The molecule has 96 valence electrons. The summed E-state index contributed by atoms with van der Waals surface area (Å²) in [6, 6.07) is 9.37. The van der Waals surface area contributed by atoms with Crippen molar-refractivity contribution < 1.29 is 0 Å². The lowest BCUT2D eigenvalue weighted by Gasteiger charge is -2.20. The van der Waals surface area contributed by atoms with Gasteiger partial charge in [0, 0.05) is 12.6 Å². The van der Waals surface area contributed by atoms with E-state index in [1.54, 1.807) is 0 Å². The molecule has 0 aliphatic carbocycles. The van der Waals surface area contributed by atoms with Gasteiger partial charge < -0.3 is 10.2 Å². The number of rotatable bonds is 7. The van der Waals surface area contributed by atoms with E-state index in [1.165, 1.54) is 17.5 Å². The lowest BCUT2D eigenvalue weighted by Crippen LogP contribution is -2.30. The van der Waals surface area contributed by atoms with Crippen LogP contribution in [0.25, 0.3) is 0 Å². The minimum Gasteiger partial charge on any atom is -0.314 e. The average Bonchev–Trinajstić information content (AvgIpc) is 2.27. The van der Waals surface area contributed by atoms with E-state index in [0.29, 0.717) is 6.04 Å². The van der Waals surface area contributed by atoms with Crippen molar-refractivity contribution in [3.63, 3.8) is 0 Å².